The molecule has 0 saturated heterocycles. The molecule has 3 aromatic heterocycles. The average Bonchev–Trinajstić information content (AvgIpc) is 3.14. The summed E-state index contributed by atoms with van der Waals surface area (Å²) in [5.74, 6) is 0.702. The normalized spacial score (nSPS) is 16.4. The van der Waals surface area contributed by atoms with Crippen LogP contribution in [0.25, 0.3) is 27.3 Å². The van der Waals surface area contributed by atoms with Crippen LogP contribution in [0.2, 0.25) is 0 Å². The van der Waals surface area contributed by atoms with Crippen LogP contribution in [0.5, 0.6) is 0 Å². The molecule has 1 aliphatic heterocycles. The molecule has 126 valence electrons. The molecule has 5 rings (SSSR count). The summed E-state index contributed by atoms with van der Waals surface area (Å²) < 4.78 is 8.72. The van der Waals surface area contributed by atoms with Gasteiger partial charge in [-0.3, -0.25) is 0 Å². The number of benzene rings is 1. The molecule has 1 aliphatic rings. The zero-order chi connectivity index (χ0) is 17.2. The molecule has 1 aromatic carbocycles. The molecule has 0 radical (unpaired) electrons. The number of nitrogens with zero attached hydrogens (tertiary/aromatic N) is 4. The maximum Gasteiger partial charge on any atom is 0.183 e. The van der Waals surface area contributed by atoms with Crippen molar-refractivity contribution < 1.29 is 4.74 Å². The molecule has 0 amide bonds. The van der Waals surface area contributed by atoms with Crippen molar-refractivity contribution in [2.45, 2.75) is 32.5 Å². The lowest BCUT2D eigenvalue weighted by Crippen LogP contribution is -2.31. The van der Waals surface area contributed by atoms with Gasteiger partial charge in [0, 0.05) is 21.3 Å². The zero-order valence-electron chi connectivity index (χ0n) is 13.8. The van der Waals surface area contributed by atoms with E-state index < -0.39 is 0 Å². The Morgan fingerprint density at radius 2 is 2.12 bits per heavy atom. The van der Waals surface area contributed by atoms with Crippen LogP contribution >= 0.6 is 27.3 Å². The molecule has 0 atom stereocenters. The monoisotopic (exact) mass is 414 g/mol. The standard InChI is InChI=1S/C18H15BrN4OS/c1-18(2)7-11-13(8-24-18)25-17-14(11)16-21-15(22-23(16)9-20-17)10-5-3-4-6-12(10)19/h3-6,9H,7-8H2,1-2H3. The van der Waals surface area contributed by atoms with E-state index in [4.69, 9.17) is 9.72 Å². The Labute approximate surface area is 156 Å². The van der Waals surface area contributed by atoms with Gasteiger partial charge in [-0.15, -0.1) is 16.4 Å². The largest absolute Gasteiger partial charge is 0.370 e. The smallest absolute Gasteiger partial charge is 0.183 e. The van der Waals surface area contributed by atoms with Crippen molar-refractivity contribution in [3.8, 4) is 11.4 Å². The Balaban J connectivity index is 1.78. The quantitative estimate of drug-likeness (QED) is 0.455. The third kappa shape index (κ3) is 2.41. The third-order valence-corrected chi connectivity index (χ3v) is 6.33. The van der Waals surface area contributed by atoms with Gasteiger partial charge in [0.25, 0.3) is 0 Å². The predicted octanol–water partition coefficient (Wildman–Crippen LogP) is 4.62. The van der Waals surface area contributed by atoms with E-state index in [1.165, 1.54) is 10.4 Å². The second kappa shape index (κ2) is 5.33. The van der Waals surface area contributed by atoms with Gasteiger partial charge in [-0.25, -0.2) is 14.5 Å². The molecule has 5 nitrogen and oxygen atoms in total. The van der Waals surface area contributed by atoms with Gasteiger partial charge in [-0.2, -0.15) is 0 Å². The second-order valence-corrected chi connectivity index (χ2v) is 8.78. The van der Waals surface area contributed by atoms with Crippen LogP contribution in [0.1, 0.15) is 24.3 Å². The molecular formula is C18H15BrN4OS. The maximum atomic E-state index is 5.96. The Hall–Kier alpha value is -1.83. The lowest BCUT2D eigenvalue weighted by molar-refractivity contribution is -0.0379. The first-order chi connectivity index (χ1) is 12.0. The van der Waals surface area contributed by atoms with Crippen molar-refractivity contribution in [3.05, 3.63) is 45.5 Å². The van der Waals surface area contributed by atoms with Crippen LogP contribution in [-0.4, -0.2) is 25.2 Å². The SMILES string of the molecule is CC1(C)Cc2c(sc3ncn4nc(-c5ccccc5Br)nc4c23)CO1. The van der Waals surface area contributed by atoms with Crippen molar-refractivity contribution in [1.29, 1.82) is 0 Å². The molecule has 0 bridgehead atoms. The van der Waals surface area contributed by atoms with Gasteiger partial charge in [0.1, 0.15) is 11.2 Å². The van der Waals surface area contributed by atoms with Gasteiger partial charge < -0.3 is 4.74 Å². The van der Waals surface area contributed by atoms with Crippen molar-refractivity contribution in [2.75, 3.05) is 0 Å². The van der Waals surface area contributed by atoms with Crippen LogP contribution in [0.3, 0.4) is 0 Å². The van der Waals surface area contributed by atoms with Crippen molar-refractivity contribution in [3.63, 3.8) is 0 Å². The van der Waals surface area contributed by atoms with E-state index in [-0.39, 0.29) is 5.60 Å². The molecule has 0 unspecified atom stereocenters. The molecule has 0 aliphatic carbocycles. The van der Waals surface area contributed by atoms with Gasteiger partial charge in [-0.1, -0.05) is 28.1 Å². The average molecular weight is 415 g/mol. The summed E-state index contributed by atoms with van der Waals surface area (Å²) in [7, 11) is 0. The van der Waals surface area contributed by atoms with Gasteiger partial charge in [0.05, 0.1) is 17.6 Å². The van der Waals surface area contributed by atoms with E-state index >= 15 is 0 Å². The van der Waals surface area contributed by atoms with Gasteiger partial charge in [0.2, 0.25) is 0 Å². The number of hydrogen-bond acceptors (Lipinski definition) is 5. The maximum absolute atomic E-state index is 5.96. The summed E-state index contributed by atoms with van der Waals surface area (Å²) in [5.41, 5.74) is 2.98. The number of thiophene rings is 1. The Morgan fingerprint density at radius 3 is 2.96 bits per heavy atom. The van der Waals surface area contributed by atoms with E-state index in [9.17, 15) is 0 Å². The van der Waals surface area contributed by atoms with E-state index in [0.717, 1.165) is 32.3 Å². The van der Waals surface area contributed by atoms with Crippen molar-refractivity contribution in [2.24, 2.45) is 0 Å². The first-order valence-electron chi connectivity index (χ1n) is 8.06. The van der Waals surface area contributed by atoms with Crippen LogP contribution in [0.4, 0.5) is 0 Å². The molecule has 0 N–H and O–H groups in total. The number of rotatable bonds is 1. The molecule has 7 heteroatoms. The highest BCUT2D eigenvalue weighted by Gasteiger charge is 2.30. The van der Waals surface area contributed by atoms with E-state index in [2.05, 4.69) is 39.9 Å². The molecule has 0 spiro atoms. The highest BCUT2D eigenvalue weighted by molar-refractivity contribution is 9.10. The first kappa shape index (κ1) is 15.4. The molecular weight excluding hydrogens is 400 g/mol. The number of halogens is 1. The number of ether oxygens (including phenoxy) is 1. The Bertz CT molecular complexity index is 1130. The number of aromatic nitrogens is 4. The van der Waals surface area contributed by atoms with Crippen molar-refractivity contribution >= 4 is 43.1 Å². The highest BCUT2D eigenvalue weighted by Crippen LogP contribution is 2.39. The molecule has 0 saturated carbocycles. The fourth-order valence-electron chi connectivity index (χ4n) is 3.30. The van der Waals surface area contributed by atoms with Crippen molar-refractivity contribution in [1.82, 2.24) is 19.6 Å². The summed E-state index contributed by atoms with van der Waals surface area (Å²) in [6.45, 7) is 4.90. The van der Waals surface area contributed by atoms with Gasteiger partial charge >= 0.3 is 0 Å². The fourth-order valence-corrected chi connectivity index (χ4v) is 4.83. The fraction of sp³-hybridized carbons (Fsp3) is 0.278. The third-order valence-electron chi connectivity index (χ3n) is 4.52. The minimum atomic E-state index is -0.168. The summed E-state index contributed by atoms with van der Waals surface area (Å²) in [5, 5.41) is 5.76. The lowest BCUT2D eigenvalue weighted by atomic mass is 9.94. The minimum Gasteiger partial charge on any atom is -0.370 e. The molecule has 4 aromatic rings. The molecule has 25 heavy (non-hydrogen) atoms. The summed E-state index contributed by atoms with van der Waals surface area (Å²) >= 11 is 5.29. The Morgan fingerprint density at radius 1 is 1.28 bits per heavy atom. The van der Waals surface area contributed by atoms with Crippen LogP contribution in [-0.2, 0) is 17.8 Å². The molecule has 0 fully saturated rings. The topological polar surface area (TPSA) is 52.3 Å². The van der Waals surface area contributed by atoms with Crippen LogP contribution < -0.4 is 0 Å². The molecule has 4 heterocycles. The van der Waals surface area contributed by atoms with Crippen LogP contribution in [0, 0.1) is 0 Å². The minimum absolute atomic E-state index is 0.168. The van der Waals surface area contributed by atoms with Gasteiger partial charge in [-0.05, 0) is 31.5 Å². The summed E-state index contributed by atoms with van der Waals surface area (Å²) in [4.78, 5) is 11.7. The first-order valence-corrected chi connectivity index (χ1v) is 9.67. The number of hydrogen-bond donors (Lipinski definition) is 0. The predicted molar refractivity (Wildman–Crippen MR) is 102 cm³/mol. The highest BCUT2D eigenvalue weighted by atomic mass is 79.9. The lowest BCUT2D eigenvalue weighted by Gasteiger charge is -2.30. The van der Waals surface area contributed by atoms with E-state index in [1.807, 2.05) is 24.3 Å². The van der Waals surface area contributed by atoms with E-state index in [1.54, 1.807) is 22.2 Å². The van der Waals surface area contributed by atoms with E-state index in [0.29, 0.717) is 12.4 Å². The van der Waals surface area contributed by atoms with Gasteiger partial charge in [0.15, 0.2) is 11.5 Å². The number of fused-ring (bicyclic) bond motifs is 5. The second-order valence-electron chi connectivity index (χ2n) is 6.84. The van der Waals surface area contributed by atoms with Crippen LogP contribution in [0.15, 0.2) is 35.1 Å². The summed E-state index contributed by atoms with van der Waals surface area (Å²) in [6.07, 6.45) is 2.61. The Kier molecular flexibility index (Phi) is 3.29. The zero-order valence-corrected chi connectivity index (χ0v) is 16.2. The summed E-state index contributed by atoms with van der Waals surface area (Å²) in [6, 6.07) is 8.00.